The van der Waals surface area contributed by atoms with E-state index in [-0.39, 0.29) is 5.60 Å². The summed E-state index contributed by atoms with van der Waals surface area (Å²) in [6.45, 7) is 2.36. The molecule has 2 saturated heterocycles. The maximum atomic E-state index is 6.07. The van der Waals surface area contributed by atoms with E-state index in [1.165, 1.54) is 0 Å². The molecule has 2 aliphatic heterocycles. The van der Waals surface area contributed by atoms with Crippen molar-refractivity contribution in [3.8, 4) is 5.75 Å². The van der Waals surface area contributed by atoms with Crippen LogP contribution in [0, 0.1) is 0 Å². The van der Waals surface area contributed by atoms with Gasteiger partial charge in [0, 0.05) is 35.5 Å². The van der Waals surface area contributed by atoms with Crippen LogP contribution in [0.25, 0.3) is 0 Å². The Balaban J connectivity index is 1.71. The highest BCUT2D eigenvalue weighted by Crippen LogP contribution is 2.42. The average Bonchev–Trinajstić information content (AvgIpc) is 2.89. The topological polar surface area (TPSA) is 53.7 Å². The maximum absolute atomic E-state index is 6.07. The van der Waals surface area contributed by atoms with Crippen LogP contribution >= 0.6 is 11.8 Å². The number of ether oxygens (including phenoxy) is 3. The first-order valence-corrected chi connectivity index (χ1v) is 7.91. The summed E-state index contributed by atoms with van der Waals surface area (Å²) in [5.74, 6) is 0.854. The van der Waals surface area contributed by atoms with E-state index in [0.717, 1.165) is 55.4 Å². The zero-order chi connectivity index (χ0) is 14.0. The Kier molecular flexibility index (Phi) is 4.10. The van der Waals surface area contributed by atoms with Gasteiger partial charge in [-0.25, -0.2) is 0 Å². The zero-order valence-corrected chi connectivity index (χ0v) is 12.6. The van der Waals surface area contributed by atoms with Gasteiger partial charge in [0.15, 0.2) is 0 Å². The van der Waals surface area contributed by atoms with Gasteiger partial charge in [-0.2, -0.15) is 0 Å². The fraction of sp³-hybridized carbons (Fsp3) is 0.600. The molecule has 2 aliphatic rings. The molecule has 2 unspecified atom stereocenters. The Hall–Kier alpha value is -0.910. The van der Waals surface area contributed by atoms with E-state index in [1.807, 2.05) is 30.0 Å². The van der Waals surface area contributed by atoms with Crippen LogP contribution in [0.1, 0.15) is 19.3 Å². The fourth-order valence-electron chi connectivity index (χ4n) is 2.87. The predicted molar refractivity (Wildman–Crippen MR) is 80.4 cm³/mol. The van der Waals surface area contributed by atoms with Crippen LogP contribution in [0.5, 0.6) is 5.75 Å². The molecule has 5 heteroatoms. The van der Waals surface area contributed by atoms with Gasteiger partial charge in [0.1, 0.15) is 5.75 Å². The number of nitrogen functional groups attached to an aromatic ring is 1. The summed E-state index contributed by atoms with van der Waals surface area (Å²) in [6.07, 6.45) is 3.11. The van der Waals surface area contributed by atoms with E-state index < -0.39 is 0 Å². The van der Waals surface area contributed by atoms with Gasteiger partial charge in [0.05, 0.1) is 19.3 Å². The Morgan fingerprint density at radius 1 is 1.40 bits per heavy atom. The molecule has 0 aromatic heterocycles. The maximum Gasteiger partial charge on any atom is 0.120 e. The molecule has 0 saturated carbocycles. The molecule has 2 atom stereocenters. The molecule has 20 heavy (non-hydrogen) atoms. The van der Waals surface area contributed by atoms with Crippen molar-refractivity contribution in [3.63, 3.8) is 0 Å². The summed E-state index contributed by atoms with van der Waals surface area (Å²) in [5, 5.41) is 0.528. The van der Waals surface area contributed by atoms with Gasteiger partial charge in [-0.1, -0.05) is 0 Å². The van der Waals surface area contributed by atoms with Gasteiger partial charge < -0.3 is 19.9 Å². The lowest BCUT2D eigenvalue weighted by atomic mass is 9.93. The first-order chi connectivity index (χ1) is 9.71. The Morgan fingerprint density at radius 3 is 3.05 bits per heavy atom. The number of thioether (sulfide) groups is 1. The lowest BCUT2D eigenvalue weighted by molar-refractivity contribution is -0.0769. The molecule has 0 aliphatic carbocycles. The summed E-state index contributed by atoms with van der Waals surface area (Å²) in [7, 11) is 1.68. The molecular weight excluding hydrogens is 274 g/mol. The number of hydrogen-bond donors (Lipinski definition) is 1. The standard InChI is InChI=1S/C15H21NO3S/c1-17-11-2-3-13(16)14(8-11)20-12-4-6-19-15(9-12)5-7-18-10-15/h2-3,8,12H,4-7,9-10,16H2,1H3. The van der Waals surface area contributed by atoms with Crippen molar-refractivity contribution < 1.29 is 14.2 Å². The van der Waals surface area contributed by atoms with Crippen molar-refractivity contribution in [1.29, 1.82) is 0 Å². The largest absolute Gasteiger partial charge is 0.497 e. The minimum Gasteiger partial charge on any atom is -0.497 e. The van der Waals surface area contributed by atoms with Crippen LogP contribution in [0.3, 0.4) is 0 Å². The molecule has 1 spiro atoms. The van der Waals surface area contributed by atoms with Gasteiger partial charge in [-0.15, -0.1) is 11.8 Å². The van der Waals surface area contributed by atoms with E-state index >= 15 is 0 Å². The third-order valence-electron chi connectivity index (χ3n) is 4.03. The molecule has 1 aromatic rings. The minimum atomic E-state index is -0.0520. The number of methoxy groups -OCH3 is 1. The summed E-state index contributed by atoms with van der Waals surface area (Å²) in [4.78, 5) is 1.10. The van der Waals surface area contributed by atoms with Gasteiger partial charge in [-0.05, 0) is 31.0 Å². The summed E-state index contributed by atoms with van der Waals surface area (Å²) < 4.78 is 16.8. The van der Waals surface area contributed by atoms with Gasteiger partial charge in [0.2, 0.25) is 0 Å². The summed E-state index contributed by atoms with van der Waals surface area (Å²) in [5.41, 5.74) is 6.84. The third kappa shape index (κ3) is 2.90. The predicted octanol–water partition coefficient (Wildman–Crippen LogP) is 2.71. The second kappa shape index (κ2) is 5.84. The van der Waals surface area contributed by atoms with Crippen LogP contribution < -0.4 is 10.5 Å². The zero-order valence-electron chi connectivity index (χ0n) is 11.8. The van der Waals surface area contributed by atoms with Crippen molar-refractivity contribution in [3.05, 3.63) is 18.2 Å². The first-order valence-electron chi connectivity index (χ1n) is 7.03. The van der Waals surface area contributed by atoms with Crippen molar-refractivity contribution in [2.75, 3.05) is 32.7 Å². The molecule has 0 amide bonds. The molecule has 0 radical (unpaired) electrons. The Bertz CT molecular complexity index is 474. The Labute approximate surface area is 124 Å². The molecular formula is C15H21NO3S. The van der Waals surface area contributed by atoms with Crippen LogP contribution in [-0.4, -0.2) is 37.8 Å². The van der Waals surface area contributed by atoms with Crippen LogP contribution in [0.2, 0.25) is 0 Å². The van der Waals surface area contributed by atoms with E-state index in [1.54, 1.807) is 7.11 Å². The lowest BCUT2D eigenvalue weighted by Gasteiger charge is -2.36. The second-order valence-corrected chi connectivity index (χ2v) is 6.81. The van der Waals surface area contributed by atoms with Crippen LogP contribution in [-0.2, 0) is 9.47 Å². The van der Waals surface area contributed by atoms with Crippen LogP contribution in [0.15, 0.2) is 23.1 Å². The lowest BCUT2D eigenvalue weighted by Crippen LogP contribution is -2.41. The minimum absolute atomic E-state index is 0.0520. The molecule has 2 heterocycles. The van der Waals surface area contributed by atoms with Crippen molar-refractivity contribution in [1.82, 2.24) is 0 Å². The highest BCUT2D eigenvalue weighted by molar-refractivity contribution is 8.00. The van der Waals surface area contributed by atoms with E-state index in [0.29, 0.717) is 5.25 Å². The molecule has 2 fully saturated rings. The number of rotatable bonds is 3. The number of benzene rings is 1. The van der Waals surface area contributed by atoms with Gasteiger partial charge in [-0.3, -0.25) is 0 Å². The monoisotopic (exact) mass is 295 g/mol. The number of anilines is 1. The molecule has 110 valence electrons. The number of nitrogens with two attached hydrogens (primary N) is 1. The molecule has 0 bridgehead atoms. The van der Waals surface area contributed by atoms with Crippen LogP contribution in [0.4, 0.5) is 5.69 Å². The third-order valence-corrected chi connectivity index (χ3v) is 5.37. The summed E-state index contributed by atoms with van der Waals surface area (Å²) >= 11 is 1.84. The molecule has 2 N–H and O–H groups in total. The quantitative estimate of drug-likeness (QED) is 0.869. The highest BCUT2D eigenvalue weighted by Gasteiger charge is 2.41. The fourth-order valence-corrected chi connectivity index (χ4v) is 4.22. The van der Waals surface area contributed by atoms with Crippen molar-refractivity contribution >= 4 is 17.4 Å². The smallest absolute Gasteiger partial charge is 0.120 e. The second-order valence-electron chi connectivity index (χ2n) is 5.47. The molecule has 1 aromatic carbocycles. The van der Waals surface area contributed by atoms with Gasteiger partial charge >= 0.3 is 0 Å². The first kappa shape index (κ1) is 14.0. The van der Waals surface area contributed by atoms with Crippen molar-refractivity contribution in [2.24, 2.45) is 0 Å². The van der Waals surface area contributed by atoms with Crippen molar-refractivity contribution in [2.45, 2.75) is 35.0 Å². The summed E-state index contributed by atoms with van der Waals surface area (Å²) in [6, 6.07) is 5.83. The SMILES string of the molecule is COc1ccc(N)c(SC2CCOC3(CCOC3)C2)c1. The molecule has 3 rings (SSSR count). The van der Waals surface area contributed by atoms with Gasteiger partial charge in [0.25, 0.3) is 0 Å². The average molecular weight is 295 g/mol. The van der Waals surface area contributed by atoms with E-state index in [2.05, 4.69) is 0 Å². The Morgan fingerprint density at radius 2 is 2.30 bits per heavy atom. The van der Waals surface area contributed by atoms with E-state index in [4.69, 9.17) is 19.9 Å². The normalized spacial score (nSPS) is 29.8. The van der Waals surface area contributed by atoms with E-state index in [9.17, 15) is 0 Å². The molecule has 4 nitrogen and oxygen atoms in total. The highest BCUT2D eigenvalue weighted by atomic mass is 32.2. The number of hydrogen-bond acceptors (Lipinski definition) is 5.